The van der Waals surface area contributed by atoms with Gasteiger partial charge in [0.25, 0.3) is 0 Å². The molecule has 0 aliphatic carbocycles. The van der Waals surface area contributed by atoms with E-state index in [1.807, 2.05) is 6.07 Å². The molecular weight excluding hydrogens is 397 g/mol. The Balaban J connectivity index is 1.35. The summed E-state index contributed by atoms with van der Waals surface area (Å²) in [5, 5.41) is 8.81. The van der Waals surface area contributed by atoms with Gasteiger partial charge in [0.15, 0.2) is 0 Å². The summed E-state index contributed by atoms with van der Waals surface area (Å²) >= 11 is 0. The molecule has 4 rings (SSSR count). The molecule has 31 heavy (non-hydrogen) atoms. The Morgan fingerprint density at radius 2 is 1.77 bits per heavy atom. The van der Waals surface area contributed by atoms with E-state index in [9.17, 15) is 14.0 Å². The molecule has 8 heteroatoms. The Bertz CT molecular complexity index is 816. The molecule has 0 bridgehead atoms. The number of halogens is 1. The van der Waals surface area contributed by atoms with Gasteiger partial charge in [0, 0.05) is 43.8 Å². The molecule has 3 fully saturated rings. The van der Waals surface area contributed by atoms with E-state index in [0.29, 0.717) is 30.1 Å². The van der Waals surface area contributed by atoms with Crippen molar-refractivity contribution in [3.63, 3.8) is 0 Å². The van der Waals surface area contributed by atoms with Crippen LogP contribution in [0.5, 0.6) is 0 Å². The number of imide groups is 1. The van der Waals surface area contributed by atoms with Gasteiger partial charge in [-0.3, -0.25) is 19.8 Å². The molecule has 1 atom stereocenters. The van der Waals surface area contributed by atoms with Gasteiger partial charge in [-0.2, -0.15) is 0 Å². The molecule has 1 unspecified atom stereocenters. The molecule has 0 saturated carbocycles. The first kappa shape index (κ1) is 22.0. The van der Waals surface area contributed by atoms with Crippen molar-refractivity contribution in [3.8, 4) is 0 Å². The maximum Gasteiger partial charge on any atom is 0.249 e. The third-order valence-electron chi connectivity index (χ3n) is 7.30. The van der Waals surface area contributed by atoms with Crippen LogP contribution in [0.2, 0.25) is 0 Å². The van der Waals surface area contributed by atoms with Gasteiger partial charge in [-0.05, 0) is 70.3 Å². The first-order chi connectivity index (χ1) is 14.8. The van der Waals surface area contributed by atoms with Crippen LogP contribution in [0.4, 0.5) is 15.8 Å². The van der Waals surface area contributed by atoms with Crippen LogP contribution in [0.3, 0.4) is 0 Å². The van der Waals surface area contributed by atoms with Crippen LogP contribution in [0, 0.1) is 11.7 Å². The number of carbonyl (C=O) groups excluding carboxylic acids is 2. The Morgan fingerprint density at radius 3 is 2.42 bits per heavy atom. The predicted octanol–water partition coefficient (Wildman–Crippen LogP) is 1.94. The van der Waals surface area contributed by atoms with Crippen molar-refractivity contribution in [1.82, 2.24) is 15.5 Å². The number of piperidine rings is 2. The minimum absolute atomic E-state index is 0.155. The standard InChI is InChI=1S/C23H34FN5O2/c1-23(2,16-7-9-25-10-8-16)29-13-11-28(12-14-29)20-5-3-17(15-18(20)24)26-19-4-6-21(30)27-22(19)31/h3,5,15-16,19,25-26H,4,6-14H2,1-2H3,(H,27,30,31). The van der Waals surface area contributed by atoms with Gasteiger partial charge in [-0.1, -0.05) is 0 Å². The van der Waals surface area contributed by atoms with Crippen LogP contribution in [-0.2, 0) is 9.59 Å². The van der Waals surface area contributed by atoms with Crippen LogP contribution >= 0.6 is 0 Å². The molecule has 0 aromatic heterocycles. The van der Waals surface area contributed by atoms with Crippen LogP contribution in [-0.4, -0.2) is 67.6 Å². The fourth-order valence-corrected chi connectivity index (χ4v) is 5.20. The van der Waals surface area contributed by atoms with Crippen molar-refractivity contribution in [2.24, 2.45) is 5.92 Å². The molecule has 0 radical (unpaired) electrons. The van der Waals surface area contributed by atoms with Crippen molar-refractivity contribution in [2.75, 3.05) is 49.5 Å². The number of hydrogen-bond acceptors (Lipinski definition) is 6. The van der Waals surface area contributed by atoms with E-state index in [1.165, 1.54) is 18.9 Å². The zero-order chi connectivity index (χ0) is 22.0. The lowest BCUT2D eigenvalue weighted by Gasteiger charge is -2.49. The fourth-order valence-electron chi connectivity index (χ4n) is 5.20. The quantitative estimate of drug-likeness (QED) is 0.619. The van der Waals surface area contributed by atoms with Crippen molar-refractivity contribution in [3.05, 3.63) is 24.0 Å². The Kier molecular flexibility index (Phi) is 6.48. The number of hydrogen-bond donors (Lipinski definition) is 3. The van der Waals surface area contributed by atoms with Crippen LogP contribution < -0.4 is 20.9 Å². The largest absolute Gasteiger partial charge is 0.374 e. The molecule has 3 aliphatic heterocycles. The average Bonchev–Trinajstić information content (AvgIpc) is 2.77. The molecule has 0 spiro atoms. The van der Waals surface area contributed by atoms with Crippen molar-refractivity contribution >= 4 is 23.2 Å². The van der Waals surface area contributed by atoms with Crippen molar-refractivity contribution in [2.45, 2.75) is 51.1 Å². The molecular formula is C23H34FN5O2. The van der Waals surface area contributed by atoms with Crippen LogP contribution in [0.15, 0.2) is 18.2 Å². The predicted molar refractivity (Wildman–Crippen MR) is 120 cm³/mol. The van der Waals surface area contributed by atoms with Crippen LogP contribution in [0.1, 0.15) is 39.5 Å². The van der Waals surface area contributed by atoms with Crippen molar-refractivity contribution < 1.29 is 14.0 Å². The van der Waals surface area contributed by atoms with Gasteiger partial charge in [-0.15, -0.1) is 0 Å². The summed E-state index contributed by atoms with van der Waals surface area (Å²) < 4.78 is 14.9. The zero-order valence-corrected chi connectivity index (χ0v) is 18.5. The lowest BCUT2D eigenvalue weighted by atomic mass is 9.79. The van der Waals surface area contributed by atoms with E-state index < -0.39 is 6.04 Å². The Hall–Kier alpha value is -2.19. The lowest BCUT2D eigenvalue weighted by molar-refractivity contribution is -0.133. The maximum atomic E-state index is 14.9. The van der Waals surface area contributed by atoms with Crippen molar-refractivity contribution in [1.29, 1.82) is 0 Å². The fraction of sp³-hybridized carbons (Fsp3) is 0.652. The second kappa shape index (κ2) is 9.12. The molecule has 3 aliphatic rings. The summed E-state index contributed by atoms with van der Waals surface area (Å²) in [5.41, 5.74) is 1.32. The van der Waals surface area contributed by atoms with E-state index in [4.69, 9.17) is 0 Å². The van der Waals surface area contributed by atoms with Gasteiger partial charge in [0.1, 0.15) is 11.9 Å². The Labute approximate surface area is 183 Å². The molecule has 3 N–H and O–H groups in total. The second-order valence-corrected chi connectivity index (χ2v) is 9.47. The minimum Gasteiger partial charge on any atom is -0.374 e. The lowest BCUT2D eigenvalue weighted by Crippen LogP contribution is -2.58. The molecule has 1 aromatic rings. The third-order valence-corrected chi connectivity index (χ3v) is 7.30. The minimum atomic E-state index is -0.510. The molecule has 7 nitrogen and oxygen atoms in total. The molecule has 2 amide bonds. The molecule has 170 valence electrons. The Morgan fingerprint density at radius 1 is 1.06 bits per heavy atom. The average molecular weight is 432 g/mol. The monoisotopic (exact) mass is 431 g/mol. The van der Waals surface area contributed by atoms with E-state index in [0.717, 1.165) is 39.3 Å². The number of amides is 2. The highest BCUT2D eigenvalue weighted by atomic mass is 19.1. The smallest absolute Gasteiger partial charge is 0.249 e. The molecule has 3 saturated heterocycles. The van der Waals surface area contributed by atoms with E-state index in [1.54, 1.807) is 6.07 Å². The second-order valence-electron chi connectivity index (χ2n) is 9.47. The molecule has 3 heterocycles. The topological polar surface area (TPSA) is 76.7 Å². The highest BCUT2D eigenvalue weighted by Gasteiger charge is 2.37. The van der Waals surface area contributed by atoms with E-state index in [2.05, 4.69) is 39.6 Å². The van der Waals surface area contributed by atoms with E-state index in [-0.39, 0.29) is 23.2 Å². The summed E-state index contributed by atoms with van der Waals surface area (Å²) in [5.74, 6) is -0.210. The highest BCUT2D eigenvalue weighted by molar-refractivity contribution is 6.01. The summed E-state index contributed by atoms with van der Waals surface area (Å²) in [6.07, 6.45) is 3.14. The van der Waals surface area contributed by atoms with E-state index >= 15 is 0 Å². The summed E-state index contributed by atoms with van der Waals surface area (Å²) in [6, 6.07) is 4.54. The van der Waals surface area contributed by atoms with Crippen LogP contribution in [0.25, 0.3) is 0 Å². The highest BCUT2D eigenvalue weighted by Crippen LogP contribution is 2.33. The summed E-state index contributed by atoms with van der Waals surface area (Å²) in [7, 11) is 0. The number of carbonyl (C=O) groups is 2. The zero-order valence-electron chi connectivity index (χ0n) is 18.5. The number of nitrogens with one attached hydrogen (secondary N) is 3. The van der Waals surface area contributed by atoms with Gasteiger partial charge in [-0.25, -0.2) is 4.39 Å². The van der Waals surface area contributed by atoms with Gasteiger partial charge < -0.3 is 15.5 Å². The SMILES string of the molecule is CC(C)(C1CCNCC1)N1CCN(c2ccc(NC3CCC(=O)NC3=O)cc2F)CC1. The van der Waals surface area contributed by atoms with Gasteiger partial charge >= 0.3 is 0 Å². The number of anilines is 2. The number of benzene rings is 1. The van der Waals surface area contributed by atoms with Gasteiger partial charge in [0.05, 0.1) is 5.69 Å². The third kappa shape index (κ3) is 4.85. The normalized spacial score (nSPS) is 24.2. The van der Waals surface area contributed by atoms with Gasteiger partial charge in [0.2, 0.25) is 11.8 Å². The molecule has 1 aromatic carbocycles. The number of rotatable bonds is 5. The first-order valence-corrected chi connectivity index (χ1v) is 11.4. The number of nitrogens with zero attached hydrogens (tertiary/aromatic N) is 2. The first-order valence-electron chi connectivity index (χ1n) is 11.4. The summed E-state index contributed by atoms with van der Waals surface area (Å²) in [4.78, 5) is 27.9. The maximum absolute atomic E-state index is 14.9. The number of piperazine rings is 1. The summed E-state index contributed by atoms with van der Waals surface area (Å²) in [6.45, 7) is 10.3.